The molecule has 0 bridgehead atoms. The third-order valence-electron chi connectivity index (χ3n) is 4.09. The highest BCUT2D eigenvalue weighted by atomic mass is 16.4. The van der Waals surface area contributed by atoms with Crippen molar-refractivity contribution in [2.75, 3.05) is 0 Å². The van der Waals surface area contributed by atoms with Gasteiger partial charge in [0, 0.05) is 18.8 Å². The lowest BCUT2D eigenvalue weighted by atomic mass is 9.72. The normalized spacial score (nSPS) is 23.4. The number of carbonyl (C=O) groups is 2. The molecule has 0 amide bonds. The van der Waals surface area contributed by atoms with Gasteiger partial charge in [0.05, 0.1) is 5.92 Å². The zero-order valence-electron chi connectivity index (χ0n) is 11.7. The van der Waals surface area contributed by atoms with E-state index in [9.17, 15) is 14.7 Å². The average Bonchev–Trinajstić information content (AvgIpc) is 2.27. The molecule has 1 fully saturated rings. The lowest BCUT2D eigenvalue weighted by Crippen LogP contribution is -2.30. The summed E-state index contributed by atoms with van der Waals surface area (Å²) in [6, 6.07) is 4.14. The summed E-state index contributed by atoms with van der Waals surface area (Å²) in [6.45, 7) is 6.05. The molecule has 1 saturated carbocycles. The highest BCUT2D eigenvalue weighted by Gasteiger charge is 2.36. The first-order valence-corrected chi connectivity index (χ1v) is 6.72. The molecule has 2 atom stereocenters. The Bertz CT molecular complexity index is 508. The van der Waals surface area contributed by atoms with Gasteiger partial charge in [-0.15, -0.1) is 0 Å². The van der Waals surface area contributed by atoms with E-state index in [1.54, 1.807) is 0 Å². The fraction of sp³-hybridized carbons (Fsp3) is 0.500. The largest absolute Gasteiger partial charge is 0.481 e. The maximum atomic E-state index is 11.7. The summed E-state index contributed by atoms with van der Waals surface area (Å²) < 4.78 is 0. The number of benzene rings is 1. The average molecular weight is 260 g/mol. The van der Waals surface area contributed by atoms with Gasteiger partial charge in [-0.1, -0.05) is 17.7 Å². The van der Waals surface area contributed by atoms with Gasteiger partial charge in [-0.2, -0.15) is 0 Å². The van der Waals surface area contributed by atoms with Gasteiger partial charge in [0.2, 0.25) is 0 Å². The Morgan fingerprint density at radius 3 is 2.32 bits per heavy atom. The molecule has 2 rings (SSSR count). The van der Waals surface area contributed by atoms with E-state index in [0.29, 0.717) is 19.3 Å². The predicted molar refractivity (Wildman–Crippen MR) is 73.4 cm³/mol. The molecule has 1 aliphatic rings. The van der Waals surface area contributed by atoms with Crippen molar-refractivity contribution in [3.8, 4) is 0 Å². The number of carbonyl (C=O) groups excluding carboxylic acids is 1. The predicted octanol–water partition coefficient (Wildman–Crippen LogP) is 3.15. The molecule has 0 aliphatic heterocycles. The van der Waals surface area contributed by atoms with E-state index in [-0.39, 0.29) is 11.7 Å². The SMILES string of the molecule is Cc1cc(C)c(C2CC(=O)CCC2C(=O)O)c(C)c1. The van der Waals surface area contributed by atoms with E-state index in [0.717, 1.165) is 16.7 Å². The lowest BCUT2D eigenvalue weighted by Gasteiger charge is -2.30. The molecule has 1 aromatic carbocycles. The Hall–Kier alpha value is -1.64. The van der Waals surface area contributed by atoms with E-state index < -0.39 is 11.9 Å². The van der Waals surface area contributed by atoms with Gasteiger partial charge in [0.1, 0.15) is 5.78 Å². The maximum absolute atomic E-state index is 11.7. The summed E-state index contributed by atoms with van der Waals surface area (Å²) in [5, 5.41) is 9.38. The van der Waals surface area contributed by atoms with Crippen LogP contribution in [0.15, 0.2) is 12.1 Å². The quantitative estimate of drug-likeness (QED) is 0.888. The van der Waals surface area contributed by atoms with Crippen molar-refractivity contribution in [3.63, 3.8) is 0 Å². The van der Waals surface area contributed by atoms with Gasteiger partial charge in [-0.25, -0.2) is 0 Å². The monoisotopic (exact) mass is 260 g/mol. The third kappa shape index (κ3) is 2.70. The Labute approximate surface area is 113 Å². The highest BCUT2D eigenvalue weighted by Crippen LogP contribution is 2.39. The van der Waals surface area contributed by atoms with Crippen LogP contribution in [-0.2, 0) is 9.59 Å². The minimum Gasteiger partial charge on any atom is -0.481 e. The second-order valence-electron chi connectivity index (χ2n) is 5.65. The fourth-order valence-corrected chi connectivity index (χ4v) is 3.38. The van der Waals surface area contributed by atoms with E-state index in [4.69, 9.17) is 0 Å². The third-order valence-corrected chi connectivity index (χ3v) is 4.09. The second kappa shape index (κ2) is 5.16. The van der Waals surface area contributed by atoms with Gasteiger partial charge in [-0.3, -0.25) is 9.59 Å². The molecule has 1 aliphatic carbocycles. The van der Waals surface area contributed by atoms with Crippen molar-refractivity contribution < 1.29 is 14.7 Å². The van der Waals surface area contributed by atoms with Crippen LogP contribution in [0.2, 0.25) is 0 Å². The van der Waals surface area contributed by atoms with Crippen LogP contribution < -0.4 is 0 Å². The van der Waals surface area contributed by atoms with Crippen LogP contribution in [0.3, 0.4) is 0 Å². The van der Waals surface area contributed by atoms with E-state index in [1.165, 1.54) is 5.56 Å². The van der Waals surface area contributed by atoms with Crippen LogP contribution in [0.25, 0.3) is 0 Å². The number of hydrogen-bond donors (Lipinski definition) is 1. The smallest absolute Gasteiger partial charge is 0.307 e. The molecule has 1 aromatic rings. The first-order valence-electron chi connectivity index (χ1n) is 6.72. The summed E-state index contributed by atoms with van der Waals surface area (Å²) in [5.74, 6) is -1.20. The Morgan fingerprint density at radius 1 is 1.21 bits per heavy atom. The molecule has 19 heavy (non-hydrogen) atoms. The highest BCUT2D eigenvalue weighted by molar-refractivity contribution is 5.84. The van der Waals surface area contributed by atoms with Gasteiger partial charge in [0.25, 0.3) is 0 Å². The van der Waals surface area contributed by atoms with E-state index >= 15 is 0 Å². The molecule has 0 radical (unpaired) electrons. The van der Waals surface area contributed by atoms with Crippen molar-refractivity contribution in [3.05, 3.63) is 34.4 Å². The molecular formula is C16H20O3. The van der Waals surface area contributed by atoms with Crippen molar-refractivity contribution in [1.29, 1.82) is 0 Å². The summed E-state index contributed by atoms with van der Waals surface area (Å²) in [4.78, 5) is 23.1. The first kappa shape index (κ1) is 13.8. The number of Topliss-reactive ketones (excluding diaryl/α,β-unsaturated/α-hetero) is 1. The Kier molecular flexibility index (Phi) is 3.74. The van der Waals surface area contributed by atoms with Crippen molar-refractivity contribution in [2.45, 2.75) is 46.0 Å². The van der Waals surface area contributed by atoms with Gasteiger partial charge in [0.15, 0.2) is 0 Å². The Morgan fingerprint density at radius 2 is 1.79 bits per heavy atom. The number of carboxylic acid groups (broad SMARTS) is 1. The van der Waals surface area contributed by atoms with Gasteiger partial charge in [-0.05, 0) is 43.9 Å². The molecule has 2 unspecified atom stereocenters. The maximum Gasteiger partial charge on any atom is 0.307 e. The first-order chi connectivity index (χ1) is 8.90. The molecule has 3 heteroatoms. The number of ketones is 1. The molecule has 102 valence electrons. The number of aliphatic carboxylic acids is 1. The molecule has 0 aromatic heterocycles. The summed E-state index contributed by atoms with van der Waals surface area (Å²) in [7, 11) is 0. The zero-order chi connectivity index (χ0) is 14.2. The van der Waals surface area contributed by atoms with Crippen LogP contribution in [-0.4, -0.2) is 16.9 Å². The summed E-state index contributed by atoms with van der Waals surface area (Å²) in [6.07, 6.45) is 1.23. The lowest BCUT2D eigenvalue weighted by molar-refractivity contribution is -0.144. The van der Waals surface area contributed by atoms with Crippen molar-refractivity contribution in [2.24, 2.45) is 5.92 Å². The standard InChI is InChI=1S/C16H20O3/c1-9-6-10(2)15(11(3)7-9)14-8-12(17)4-5-13(14)16(18)19/h6-7,13-14H,4-5,8H2,1-3H3,(H,18,19). The van der Waals surface area contributed by atoms with Crippen LogP contribution in [0, 0.1) is 26.7 Å². The molecule has 0 spiro atoms. The number of carboxylic acids is 1. The number of hydrogen-bond acceptors (Lipinski definition) is 2. The van der Waals surface area contributed by atoms with Crippen molar-refractivity contribution in [1.82, 2.24) is 0 Å². The fourth-order valence-electron chi connectivity index (χ4n) is 3.38. The van der Waals surface area contributed by atoms with Crippen LogP contribution in [0.5, 0.6) is 0 Å². The molecule has 0 heterocycles. The topological polar surface area (TPSA) is 54.4 Å². The number of rotatable bonds is 2. The summed E-state index contributed by atoms with van der Waals surface area (Å²) in [5.41, 5.74) is 4.44. The van der Waals surface area contributed by atoms with Crippen LogP contribution in [0.1, 0.15) is 47.4 Å². The minimum absolute atomic E-state index is 0.167. The van der Waals surface area contributed by atoms with Crippen LogP contribution >= 0.6 is 0 Å². The minimum atomic E-state index is -0.781. The van der Waals surface area contributed by atoms with Crippen molar-refractivity contribution >= 4 is 11.8 Å². The molecular weight excluding hydrogens is 240 g/mol. The van der Waals surface area contributed by atoms with Crippen LogP contribution in [0.4, 0.5) is 0 Å². The van der Waals surface area contributed by atoms with E-state index in [1.807, 2.05) is 20.8 Å². The number of aryl methyl sites for hydroxylation is 3. The second-order valence-corrected chi connectivity index (χ2v) is 5.65. The van der Waals surface area contributed by atoms with E-state index in [2.05, 4.69) is 12.1 Å². The van der Waals surface area contributed by atoms with Gasteiger partial charge >= 0.3 is 5.97 Å². The molecule has 1 N–H and O–H groups in total. The van der Waals surface area contributed by atoms with Gasteiger partial charge < -0.3 is 5.11 Å². The molecule has 0 saturated heterocycles. The molecule has 3 nitrogen and oxygen atoms in total. The Balaban J connectivity index is 2.47. The summed E-state index contributed by atoms with van der Waals surface area (Å²) >= 11 is 0. The zero-order valence-corrected chi connectivity index (χ0v) is 11.7.